The number of carbonyl (C=O) groups is 1. The number of halogens is 1. The predicted octanol–water partition coefficient (Wildman–Crippen LogP) is 5.72. The number of fused-ring (bicyclic) bond motifs is 2. The number of nitrogens with zero attached hydrogens (tertiary/aromatic N) is 2. The first kappa shape index (κ1) is 20.2. The van der Waals surface area contributed by atoms with Crippen LogP contribution in [0.15, 0.2) is 54.6 Å². The SMILES string of the molecule is Cc1nc(C(=O)N2C3CCC2[C@@H](COc2ccc(F)cc2)CC3)c(-c2ccccc2)s1. The lowest BCUT2D eigenvalue weighted by Gasteiger charge is -2.39. The Bertz CT molecular complexity index is 1070. The molecule has 2 fully saturated rings. The normalized spacial score (nSPS) is 22.5. The molecule has 2 bridgehead atoms. The van der Waals surface area contributed by atoms with E-state index in [1.807, 2.05) is 37.3 Å². The highest BCUT2D eigenvalue weighted by Crippen LogP contribution is 2.42. The maximum Gasteiger partial charge on any atom is 0.274 e. The zero-order chi connectivity index (χ0) is 21.4. The fraction of sp³-hybridized carbons (Fsp3) is 0.360. The van der Waals surface area contributed by atoms with Crippen LogP contribution in [0.2, 0.25) is 0 Å². The molecule has 1 aromatic heterocycles. The molecule has 2 saturated heterocycles. The number of hydrogen-bond donors (Lipinski definition) is 0. The van der Waals surface area contributed by atoms with E-state index in [-0.39, 0.29) is 29.7 Å². The molecule has 2 aliphatic rings. The Kier molecular flexibility index (Phi) is 5.48. The van der Waals surface area contributed by atoms with Gasteiger partial charge in [0.25, 0.3) is 5.91 Å². The predicted molar refractivity (Wildman–Crippen MR) is 120 cm³/mol. The summed E-state index contributed by atoms with van der Waals surface area (Å²) in [6.45, 7) is 2.49. The molecular formula is C25H25FN2O2S. The zero-order valence-electron chi connectivity index (χ0n) is 17.5. The summed E-state index contributed by atoms with van der Waals surface area (Å²) in [5.41, 5.74) is 1.61. The van der Waals surface area contributed by atoms with E-state index in [1.165, 1.54) is 12.1 Å². The van der Waals surface area contributed by atoms with Crippen molar-refractivity contribution in [3.05, 3.63) is 71.1 Å². The quantitative estimate of drug-likeness (QED) is 0.514. The molecule has 0 spiro atoms. The Morgan fingerprint density at radius 3 is 2.61 bits per heavy atom. The van der Waals surface area contributed by atoms with Crippen LogP contribution in [0.4, 0.5) is 4.39 Å². The summed E-state index contributed by atoms with van der Waals surface area (Å²) in [6.07, 6.45) is 4.07. The summed E-state index contributed by atoms with van der Waals surface area (Å²) < 4.78 is 19.1. The van der Waals surface area contributed by atoms with Crippen LogP contribution >= 0.6 is 11.3 Å². The molecule has 2 aromatic carbocycles. The second kappa shape index (κ2) is 8.42. The molecule has 0 saturated carbocycles. The maximum absolute atomic E-state index is 13.7. The third-order valence-electron chi connectivity index (χ3n) is 6.45. The van der Waals surface area contributed by atoms with Crippen LogP contribution in [0.3, 0.4) is 0 Å². The van der Waals surface area contributed by atoms with Crippen LogP contribution in [-0.2, 0) is 0 Å². The third-order valence-corrected chi connectivity index (χ3v) is 7.47. The van der Waals surface area contributed by atoms with E-state index in [4.69, 9.17) is 4.74 Å². The van der Waals surface area contributed by atoms with Crippen molar-refractivity contribution in [2.45, 2.75) is 44.7 Å². The second-order valence-corrected chi connectivity index (χ2v) is 9.59. The lowest BCUT2D eigenvalue weighted by Crippen LogP contribution is -2.49. The van der Waals surface area contributed by atoms with E-state index in [1.54, 1.807) is 23.5 Å². The zero-order valence-corrected chi connectivity index (χ0v) is 18.3. The number of piperidine rings is 1. The summed E-state index contributed by atoms with van der Waals surface area (Å²) in [5, 5.41) is 0.905. The molecular weight excluding hydrogens is 411 g/mol. The Balaban J connectivity index is 1.37. The van der Waals surface area contributed by atoms with Gasteiger partial charge in [-0.1, -0.05) is 30.3 Å². The van der Waals surface area contributed by atoms with Gasteiger partial charge in [-0.05, 0) is 62.4 Å². The van der Waals surface area contributed by atoms with Gasteiger partial charge in [0.1, 0.15) is 17.3 Å². The van der Waals surface area contributed by atoms with Crippen LogP contribution in [-0.4, -0.2) is 34.5 Å². The van der Waals surface area contributed by atoms with Crippen molar-refractivity contribution < 1.29 is 13.9 Å². The summed E-state index contributed by atoms with van der Waals surface area (Å²) in [4.78, 5) is 21.4. The van der Waals surface area contributed by atoms with Gasteiger partial charge in [-0.15, -0.1) is 11.3 Å². The van der Waals surface area contributed by atoms with Gasteiger partial charge in [0.15, 0.2) is 0 Å². The minimum absolute atomic E-state index is 0.0437. The molecule has 0 N–H and O–H groups in total. The van der Waals surface area contributed by atoms with Crippen molar-refractivity contribution in [1.82, 2.24) is 9.88 Å². The molecule has 0 aliphatic carbocycles. The van der Waals surface area contributed by atoms with Crippen molar-refractivity contribution in [3.8, 4) is 16.2 Å². The molecule has 0 radical (unpaired) electrons. The summed E-state index contributed by atoms with van der Waals surface area (Å²) in [7, 11) is 0. The standard InChI is InChI=1S/C25H25FN2O2S/c1-16-27-23(24(31-16)17-5-3-2-4-6-17)25(29)28-20-10-7-18(22(28)14-11-20)15-30-21-12-8-19(26)9-13-21/h2-6,8-9,12-13,18,20,22H,7,10-11,14-15H2,1H3/t18-,20?,22?/m1/s1. The molecule has 31 heavy (non-hydrogen) atoms. The van der Waals surface area contributed by atoms with Crippen molar-refractivity contribution in [2.24, 2.45) is 5.92 Å². The van der Waals surface area contributed by atoms with Gasteiger partial charge < -0.3 is 9.64 Å². The maximum atomic E-state index is 13.7. The van der Waals surface area contributed by atoms with Gasteiger partial charge in [0.05, 0.1) is 16.5 Å². The number of amides is 1. The molecule has 3 heterocycles. The van der Waals surface area contributed by atoms with E-state index in [0.29, 0.717) is 18.1 Å². The van der Waals surface area contributed by atoms with Crippen LogP contribution in [0.1, 0.15) is 41.2 Å². The number of ether oxygens (including phenoxy) is 1. The van der Waals surface area contributed by atoms with E-state index < -0.39 is 0 Å². The Morgan fingerprint density at radius 2 is 1.84 bits per heavy atom. The number of aromatic nitrogens is 1. The van der Waals surface area contributed by atoms with Crippen molar-refractivity contribution in [2.75, 3.05) is 6.61 Å². The van der Waals surface area contributed by atoms with E-state index in [9.17, 15) is 9.18 Å². The van der Waals surface area contributed by atoms with Gasteiger partial charge in [0, 0.05) is 18.0 Å². The molecule has 5 rings (SSSR count). The minimum Gasteiger partial charge on any atom is -0.493 e. The van der Waals surface area contributed by atoms with E-state index >= 15 is 0 Å². The van der Waals surface area contributed by atoms with Gasteiger partial charge in [-0.25, -0.2) is 9.37 Å². The summed E-state index contributed by atoms with van der Waals surface area (Å²) in [5.74, 6) is 0.712. The smallest absolute Gasteiger partial charge is 0.274 e. The van der Waals surface area contributed by atoms with Crippen LogP contribution < -0.4 is 4.74 Å². The van der Waals surface area contributed by atoms with Gasteiger partial charge in [-0.3, -0.25) is 4.79 Å². The summed E-state index contributed by atoms with van der Waals surface area (Å²) >= 11 is 1.58. The molecule has 2 aliphatic heterocycles. The largest absolute Gasteiger partial charge is 0.493 e. The third kappa shape index (κ3) is 3.97. The average molecular weight is 437 g/mol. The fourth-order valence-electron chi connectivity index (χ4n) is 4.98. The van der Waals surface area contributed by atoms with E-state index in [2.05, 4.69) is 9.88 Å². The van der Waals surface area contributed by atoms with Crippen LogP contribution in [0, 0.1) is 18.7 Å². The Hall–Kier alpha value is -2.73. The molecule has 2 unspecified atom stereocenters. The Morgan fingerprint density at radius 1 is 1.10 bits per heavy atom. The van der Waals surface area contributed by atoms with Crippen LogP contribution in [0.5, 0.6) is 5.75 Å². The van der Waals surface area contributed by atoms with Crippen molar-refractivity contribution >= 4 is 17.2 Å². The lowest BCUT2D eigenvalue weighted by molar-refractivity contribution is 0.0402. The fourth-order valence-corrected chi connectivity index (χ4v) is 5.90. The average Bonchev–Trinajstić information content (AvgIpc) is 3.33. The van der Waals surface area contributed by atoms with Gasteiger partial charge in [0.2, 0.25) is 0 Å². The molecule has 3 aromatic rings. The number of aryl methyl sites for hydroxylation is 1. The number of benzene rings is 2. The first-order valence-corrected chi connectivity index (χ1v) is 11.7. The molecule has 4 nitrogen and oxygen atoms in total. The number of thiazole rings is 1. The monoisotopic (exact) mass is 436 g/mol. The molecule has 160 valence electrons. The summed E-state index contributed by atoms with van der Waals surface area (Å²) in [6, 6.07) is 16.6. The van der Waals surface area contributed by atoms with Crippen molar-refractivity contribution in [3.63, 3.8) is 0 Å². The van der Waals surface area contributed by atoms with Crippen molar-refractivity contribution in [1.29, 1.82) is 0 Å². The number of hydrogen-bond acceptors (Lipinski definition) is 4. The molecule has 6 heteroatoms. The van der Waals surface area contributed by atoms with Crippen LogP contribution in [0.25, 0.3) is 10.4 Å². The second-order valence-electron chi connectivity index (χ2n) is 8.39. The first-order valence-electron chi connectivity index (χ1n) is 10.8. The highest BCUT2D eigenvalue weighted by molar-refractivity contribution is 7.15. The highest BCUT2D eigenvalue weighted by Gasteiger charge is 2.46. The van der Waals surface area contributed by atoms with Gasteiger partial charge in [-0.2, -0.15) is 0 Å². The van der Waals surface area contributed by atoms with Gasteiger partial charge >= 0.3 is 0 Å². The number of rotatable bonds is 5. The molecule has 3 atom stereocenters. The van der Waals surface area contributed by atoms with E-state index in [0.717, 1.165) is 41.1 Å². The lowest BCUT2D eigenvalue weighted by atomic mass is 9.90. The minimum atomic E-state index is -0.270. The number of carbonyl (C=O) groups excluding carboxylic acids is 1. The topological polar surface area (TPSA) is 42.4 Å². The molecule has 1 amide bonds. The Labute approximate surface area is 185 Å². The first-order chi connectivity index (χ1) is 15.1. The highest BCUT2D eigenvalue weighted by atomic mass is 32.1.